The molecule has 1 heterocycles. The summed E-state index contributed by atoms with van der Waals surface area (Å²) in [7, 11) is 0. The molecule has 0 aromatic carbocycles. The average Bonchev–Trinajstić information content (AvgIpc) is 2.41. The van der Waals surface area contributed by atoms with E-state index in [-0.39, 0.29) is 18.6 Å². The number of aliphatic hydroxyl groups excluding tert-OH is 2. The van der Waals surface area contributed by atoms with Gasteiger partial charge in [0.1, 0.15) is 0 Å². The Morgan fingerprint density at radius 1 is 1.62 bits per heavy atom. The summed E-state index contributed by atoms with van der Waals surface area (Å²) in [4.78, 5) is 12.8. The molecule has 0 aromatic rings. The standard InChI is InChI=1S/C9H17NO3/c1-3-7-4-9(13)8(5-11)10(7)6(2)12/h7-9,11,13H,3-5H2,1-2H3. The second-order valence-electron chi connectivity index (χ2n) is 3.54. The summed E-state index contributed by atoms with van der Waals surface area (Å²) in [6, 6.07) is -0.313. The van der Waals surface area contributed by atoms with Crippen molar-refractivity contribution >= 4 is 5.91 Å². The highest BCUT2D eigenvalue weighted by atomic mass is 16.3. The monoisotopic (exact) mass is 187 g/mol. The molecule has 0 aromatic heterocycles. The van der Waals surface area contributed by atoms with Crippen LogP contribution < -0.4 is 0 Å². The van der Waals surface area contributed by atoms with E-state index in [1.165, 1.54) is 6.92 Å². The van der Waals surface area contributed by atoms with Crippen LogP contribution in [-0.2, 0) is 4.79 Å². The Morgan fingerprint density at radius 2 is 2.23 bits per heavy atom. The molecular formula is C9H17NO3. The summed E-state index contributed by atoms with van der Waals surface area (Å²) >= 11 is 0. The van der Waals surface area contributed by atoms with Crippen molar-refractivity contribution in [2.75, 3.05) is 6.61 Å². The SMILES string of the molecule is CCC1CC(O)C(CO)N1C(C)=O. The quantitative estimate of drug-likeness (QED) is 0.626. The minimum Gasteiger partial charge on any atom is -0.394 e. The third-order valence-corrected chi connectivity index (χ3v) is 2.73. The molecule has 1 aliphatic rings. The first-order chi connectivity index (χ1) is 6.11. The Morgan fingerprint density at radius 3 is 2.62 bits per heavy atom. The van der Waals surface area contributed by atoms with E-state index in [4.69, 9.17) is 5.11 Å². The van der Waals surface area contributed by atoms with E-state index in [1.54, 1.807) is 4.90 Å². The van der Waals surface area contributed by atoms with Gasteiger partial charge in [0.15, 0.2) is 0 Å². The van der Waals surface area contributed by atoms with Crippen LogP contribution in [0.15, 0.2) is 0 Å². The van der Waals surface area contributed by atoms with E-state index < -0.39 is 12.1 Å². The topological polar surface area (TPSA) is 60.8 Å². The first-order valence-corrected chi connectivity index (χ1v) is 4.69. The second-order valence-corrected chi connectivity index (χ2v) is 3.54. The number of hydrogen-bond acceptors (Lipinski definition) is 3. The smallest absolute Gasteiger partial charge is 0.220 e. The van der Waals surface area contributed by atoms with Crippen molar-refractivity contribution < 1.29 is 15.0 Å². The van der Waals surface area contributed by atoms with Gasteiger partial charge in [-0.2, -0.15) is 0 Å². The van der Waals surface area contributed by atoms with E-state index in [0.717, 1.165) is 6.42 Å². The van der Waals surface area contributed by atoms with Gasteiger partial charge in [0.05, 0.1) is 18.8 Å². The van der Waals surface area contributed by atoms with Crippen molar-refractivity contribution in [2.24, 2.45) is 0 Å². The molecule has 0 radical (unpaired) electrons. The fourth-order valence-electron chi connectivity index (χ4n) is 2.07. The summed E-state index contributed by atoms with van der Waals surface area (Å²) in [6.45, 7) is 3.30. The van der Waals surface area contributed by atoms with Crippen LogP contribution in [0.1, 0.15) is 26.7 Å². The van der Waals surface area contributed by atoms with Gasteiger partial charge in [-0.1, -0.05) is 6.92 Å². The highest BCUT2D eigenvalue weighted by Gasteiger charge is 2.40. The number of amides is 1. The highest BCUT2D eigenvalue weighted by Crippen LogP contribution is 2.26. The molecule has 0 aliphatic carbocycles. The van der Waals surface area contributed by atoms with Crippen molar-refractivity contribution in [3.05, 3.63) is 0 Å². The Kier molecular flexibility index (Phi) is 3.27. The van der Waals surface area contributed by atoms with E-state index in [9.17, 15) is 9.90 Å². The number of nitrogens with zero attached hydrogens (tertiary/aromatic N) is 1. The molecule has 0 spiro atoms. The van der Waals surface area contributed by atoms with Crippen LogP contribution in [0.3, 0.4) is 0 Å². The number of carbonyl (C=O) groups excluding carboxylic acids is 1. The fraction of sp³-hybridized carbons (Fsp3) is 0.889. The molecule has 1 amide bonds. The zero-order valence-corrected chi connectivity index (χ0v) is 8.10. The van der Waals surface area contributed by atoms with Gasteiger partial charge >= 0.3 is 0 Å². The molecule has 13 heavy (non-hydrogen) atoms. The number of aliphatic hydroxyl groups is 2. The summed E-state index contributed by atoms with van der Waals surface area (Å²) in [5, 5.41) is 18.6. The van der Waals surface area contributed by atoms with E-state index in [2.05, 4.69) is 0 Å². The maximum atomic E-state index is 11.2. The third-order valence-electron chi connectivity index (χ3n) is 2.73. The summed E-state index contributed by atoms with van der Waals surface area (Å²) in [6.07, 6.45) is 0.841. The zero-order chi connectivity index (χ0) is 10.0. The largest absolute Gasteiger partial charge is 0.394 e. The van der Waals surface area contributed by atoms with Crippen LogP contribution in [0.5, 0.6) is 0 Å². The lowest BCUT2D eigenvalue weighted by atomic mass is 10.1. The lowest BCUT2D eigenvalue weighted by molar-refractivity contribution is -0.133. The number of rotatable bonds is 2. The highest BCUT2D eigenvalue weighted by molar-refractivity contribution is 5.74. The molecule has 2 N–H and O–H groups in total. The van der Waals surface area contributed by atoms with Crippen LogP contribution in [0.4, 0.5) is 0 Å². The van der Waals surface area contributed by atoms with Crippen LogP contribution in [0, 0.1) is 0 Å². The molecule has 1 rings (SSSR count). The van der Waals surface area contributed by atoms with Crippen molar-refractivity contribution in [2.45, 2.75) is 44.9 Å². The van der Waals surface area contributed by atoms with Crippen molar-refractivity contribution in [3.8, 4) is 0 Å². The molecule has 1 fully saturated rings. The molecule has 76 valence electrons. The van der Waals surface area contributed by atoms with Crippen LogP contribution in [-0.4, -0.2) is 45.8 Å². The average molecular weight is 187 g/mol. The summed E-state index contributed by atoms with van der Waals surface area (Å²) in [5.74, 6) is -0.0672. The van der Waals surface area contributed by atoms with Crippen molar-refractivity contribution in [1.82, 2.24) is 4.90 Å². The lowest BCUT2D eigenvalue weighted by Gasteiger charge is -2.27. The molecule has 4 heteroatoms. The molecule has 0 saturated carbocycles. The zero-order valence-electron chi connectivity index (χ0n) is 8.10. The molecule has 4 nitrogen and oxygen atoms in total. The van der Waals surface area contributed by atoms with E-state index in [1.807, 2.05) is 6.92 Å². The Hall–Kier alpha value is -0.610. The number of likely N-dealkylation sites (tertiary alicyclic amines) is 1. The van der Waals surface area contributed by atoms with Gasteiger partial charge in [0.25, 0.3) is 0 Å². The maximum Gasteiger partial charge on any atom is 0.220 e. The Balaban J connectivity index is 2.77. The van der Waals surface area contributed by atoms with Crippen LogP contribution >= 0.6 is 0 Å². The van der Waals surface area contributed by atoms with Gasteiger partial charge in [0, 0.05) is 13.0 Å². The van der Waals surface area contributed by atoms with Crippen LogP contribution in [0.25, 0.3) is 0 Å². The second kappa shape index (κ2) is 4.07. The predicted octanol–water partition coefficient (Wildman–Crippen LogP) is -0.261. The maximum absolute atomic E-state index is 11.2. The fourth-order valence-corrected chi connectivity index (χ4v) is 2.07. The minimum absolute atomic E-state index is 0.0672. The van der Waals surface area contributed by atoms with Gasteiger partial charge < -0.3 is 15.1 Å². The Labute approximate surface area is 78.2 Å². The lowest BCUT2D eigenvalue weighted by Crippen LogP contribution is -2.44. The van der Waals surface area contributed by atoms with Gasteiger partial charge in [-0.15, -0.1) is 0 Å². The van der Waals surface area contributed by atoms with E-state index in [0.29, 0.717) is 6.42 Å². The molecule has 0 bridgehead atoms. The first kappa shape index (κ1) is 10.5. The predicted molar refractivity (Wildman–Crippen MR) is 48.1 cm³/mol. The van der Waals surface area contributed by atoms with E-state index >= 15 is 0 Å². The van der Waals surface area contributed by atoms with Crippen molar-refractivity contribution in [1.29, 1.82) is 0 Å². The van der Waals surface area contributed by atoms with Crippen LogP contribution in [0.2, 0.25) is 0 Å². The first-order valence-electron chi connectivity index (χ1n) is 4.69. The van der Waals surface area contributed by atoms with Gasteiger partial charge in [-0.25, -0.2) is 0 Å². The van der Waals surface area contributed by atoms with Gasteiger partial charge in [0.2, 0.25) is 5.91 Å². The summed E-state index contributed by atoms with van der Waals surface area (Å²) in [5.41, 5.74) is 0. The molecule has 3 atom stereocenters. The summed E-state index contributed by atoms with van der Waals surface area (Å²) < 4.78 is 0. The minimum atomic E-state index is -0.571. The molecular weight excluding hydrogens is 170 g/mol. The molecule has 1 aliphatic heterocycles. The molecule has 1 saturated heterocycles. The van der Waals surface area contributed by atoms with Crippen molar-refractivity contribution in [3.63, 3.8) is 0 Å². The van der Waals surface area contributed by atoms with Gasteiger partial charge in [-0.3, -0.25) is 4.79 Å². The molecule has 3 unspecified atom stereocenters. The Bertz CT molecular complexity index is 195. The number of hydrogen-bond donors (Lipinski definition) is 2. The number of carbonyl (C=O) groups is 1. The van der Waals surface area contributed by atoms with Gasteiger partial charge in [-0.05, 0) is 12.8 Å². The normalized spacial score (nSPS) is 33.8. The third kappa shape index (κ3) is 1.84.